The molecule has 4 fully saturated rings. The molecule has 0 aliphatic heterocycles. The molecule has 0 unspecified atom stereocenters. The number of carbonyl (C=O) groups is 2. The lowest BCUT2D eigenvalue weighted by molar-refractivity contribution is -0.128. The highest BCUT2D eigenvalue weighted by atomic mass is 16.2. The number of urea groups is 1. The summed E-state index contributed by atoms with van der Waals surface area (Å²) in [5.74, 6) is 2.52. The molecule has 130 valence electrons. The van der Waals surface area contributed by atoms with E-state index >= 15 is 0 Å². The van der Waals surface area contributed by atoms with E-state index in [1.807, 2.05) is 13.8 Å². The van der Waals surface area contributed by atoms with Gasteiger partial charge in [-0.2, -0.15) is 0 Å². The summed E-state index contributed by atoms with van der Waals surface area (Å²) in [6, 6.07) is -1.02. The Morgan fingerprint density at radius 3 is 1.83 bits per heavy atom. The molecule has 0 aromatic heterocycles. The lowest BCUT2D eigenvalue weighted by Gasteiger charge is -2.59. The van der Waals surface area contributed by atoms with Gasteiger partial charge in [-0.1, -0.05) is 13.8 Å². The maximum atomic E-state index is 12.6. The topological polar surface area (TPSA) is 84.2 Å². The maximum absolute atomic E-state index is 12.6. The molecule has 2 atom stereocenters. The van der Waals surface area contributed by atoms with Crippen molar-refractivity contribution in [2.75, 3.05) is 0 Å². The number of hydrogen-bond acceptors (Lipinski definition) is 2. The second-order valence-corrected chi connectivity index (χ2v) is 8.74. The Morgan fingerprint density at radius 1 is 0.957 bits per heavy atom. The molecule has 4 N–H and O–H groups in total. The predicted molar refractivity (Wildman–Crippen MR) is 89.6 cm³/mol. The van der Waals surface area contributed by atoms with Gasteiger partial charge in [-0.05, 0) is 74.5 Å². The molecule has 5 nitrogen and oxygen atoms in total. The highest BCUT2D eigenvalue weighted by Crippen LogP contribution is 2.61. The van der Waals surface area contributed by atoms with E-state index in [4.69, 9.17) is 5.73 Å². The van der Waals surface area contributed by atoms with E-state index in [9.17, 15) is 9.59 Å². The lowest BCUT2D eigenvalue weighted by Crippen LogP contribution is -2.59. The van der Waals surface area contributed by atoms with Gasteiger partial charge in [0.05, 0.1) is 0 Å². The van der Waals surface area contributed by atoms with Crippen LogP contribution in [-0.4, -0.2) is 24.0 Å². The minimum absolute atomic E-state index is 0.0195. The lowest BCUT2D eigenvalue weighted by atomic mass is 9.48. The number of nitrogens with two attached hydrogens (primary N) is 1. The quantitative estimate of drug-likeness (QED) is 0.726. The van der Waals surface area contributed by atoms with Crippen LogP contribution in [0.4, 0.5) is 4.79 Å². The smallest absolute Gasteiger partial charge is 0.312 e. The van der Waals surface area contributed by atoms with Crippen molar-refractivity contribution in [3.8, 4) is 0 Å². The van der Waals surface area contributed by atoms with Crippen LogP contribution >= 0.6 is 0 Å². The van der Waals surface area contributed by atoms with Crippen molar-refractivity contribution in [3.05, 3.63) is 0 Å². The van der Waals surface area contributed by atoms with E-state index in [0.29, 0.717) is 0 Å². The van der Waals surface area contributed by atoms with Crippen LogP contribution in [0.1, 0.15) is 59.3 Å². The zero-order valence-corrected chi connectivity index (χ0v) is 14.6. The average molecular weight is 321 g/mol. The molecule has 0 saturated heterocycles. The second-order valence-electron chi connectivity index (χ2n) is 8.74. The van der Waals surface area contributed by atoms with Crippen LogP contribution in [0.2, 0.25) is 0 Å². The Hall–Kier alpha value is -1.26. The minimum atomic E-state index is -0.638. The number of primary amides is 1. The Kier molecular flexibility index (Phi) is 4.32. The van der Waals surface area contributed by atoms with Crippen LogP contribution < -0.4 is 16.4 Å². The van der Waals surface area contributed by atoms with Crippen LogP contribution in [-0.2, 0) is 4.79 Å². The molecular formula is C18H31N3O2. The van der Waals surface area contributed by atoms with E-state index in [1.165, 1.54) is 38.5 Å². The van der Waals surface area contributed by atoms with E-state index in [0.717, 1.165) is 17.8 Å². The fourth-order valence-corrected chi connectivity index (χ4v) is 5.85. The fraction of sp³-hybridized carbons (Fsp3) is 0.889. The van der Waals surface area contributed by atoms with Crippen LogP contribution in [0.3, 0.4) is 0 Å². The van der Waals surface area contributed by atoms with Crippen molar-refractivity contribution in [2.24, 2.45) is 34.8 Å². The molecule has 0 aromatic rings. The van der Waals surface area contributed by atoms with Gasteiger partial charge in [0.1, 0.15) is 6.04 Å². The molecule has 3 amide bonds. The summed E-state index contributed by atoms with van der Waals surface area (Å²) in [5, 5.41) is 5.80. The van der Waals surface area contributed by atoms with Gasteiger partial charge < -0.3 is 16.4 Å². The SMILES string of the molecule is CC(C)[C@@H](NC(N)=O)C(=O)N[C@H](C)C12CC3CC(CC(C3)C1)C2. The summed E-state index contributed by atoms with van der Waals surface area (Å²) in [6.07, 6.45) is 7.98. The Labute approximate surface area is 139 Å². The van der Waals surface area contributed by atoms with Crippen LogP contribution in [0.5, 0.6) is 0 Å². The highest BCUT2D eigenvalue weighted by molar-refractivity contribution is 5.87. The molecule has 4 aliphatic carbocycles. The average Bonchev–Trinajstić information content (AvgIpc) is 2.42. The van der Waals surface area contributed by atoms with E-state index in [-0.39, 0.29) is 23.3 Å². The van der Waals surface area contributed by atoms with Crippen molar-refractivity contribution in [1.82, 2.24) is 10.6 Å². The van der Waals surface area contributed by atoms with Gasteiger partial charge in [0.25, 0.3) is 0 Å². The Morgan fingerprint density at radius 2 is 1.43 bits per heavy atom. The molecular weight excluding hydrogens is 290 g/mol. The Bertz CT molecular complexity index is 453. The van der Waals surface area contributed by atoms with E-state index in [2.05, 4.69) is 17.6 Å². The fourth-order valence-electron chi connectivity index (χ4n) is 5.85. The summed E-state index contributed by atoms with van der Waals surface area (Å²) in [4.78, 5) is 23.8. The summed E-state index contributed by atoms with van der Waals surface area (Å²) in [5.41, 5.74) is 5.49. The monoisotopic (exact) mass is 321 g/mol. The molecule has 4 saturated carbocycles. The molecule has 5 heteroatoms. The third kappa shape index (κ3) is 3.20. The standard InChI is InChI=1S/C18H31N3O2/c1-10(2)15(21-17(19)23)16(22)20-11(3)18-7-12-4-13(8-18)6-14(5-12)9-18/h10-15H,4-9H2,1-3H3,(H,20,22)(H3,19,21,23)/t11-,12?,13?,14?,15-,18?/m1/s1. The Balaban J connectivity index is 1.67. The van der Waals surface area contributed by atoms with Gasteiger partial charge in [-0.15, -0.1) is 0 Å². The van der Waals surface area contributed by atoms with Crippen LogP contribution in [0, 0.1) is 29.1 Å². The number of amides is 3. The number of nitrogens with one attached hydrogen (secondary N) is 2. The molecule has 0 radical (unpaired) electrons. The van der Waals surface area contributed by atoms with Gasteiger partial charge in [0.2, 0.25) is 5.91 Å². The van der Waals surface area contributed by atoms with Crippen molar-refractivity contribution in [2.45, 2.75) is 71.4 Å². The van der Waals surface area contributed by atoms with E-state index < -0.39 is 12.1 Å². The molecule has 0 heterocycles. The van der Waals surface area contributed by atoms with Crippen molar-refractivity contribution in [1.29, 1.82) is 0 Å². The highest BCUT2D eigenvalue weighted by Gasteiger charge is 2.53. The molecule has 0 spiro atoms. The van der Waals surface area contributed by atoms with Gasteiger partial charge in [-0.3, -0.25) is 4.79 Å². The van der Waals surface area contributed by atoms with Crippen LogP contribution in [0.25, 0.3) is 0 Å². The number of carbonyl (C=O) groups excluding carboxylic acids is 2. The third-order valence-corrected chi connectivity index (χ3v) is 6.61. The summed E-state index contributed by atoms with van der Waals surface area (Å²) in [7, 11) is 0. The van der Waals surface area contributed by atoms with Crippen molar-refractivity contribution >= 4 is 11.9 Å². The van der Waals surface area contributed by atoms with E-state index in [1.54, 1.807) is 0 Å². The summed E-state index contributed by atoms with van der Waals surface area (Å²) < 4.78 is 0. The largest absolute Gasteiger partial charge is 0.352 e. The van der Waals surface area contributed by atoms with Gasteiger partial charge in [0.15, 0.2) is 0 Å². The summed E-state index contributed by atoms with van der Waals surface area (Å²) in [6.45, 7) is 6.01. The normalized spacial score (nSPS) is 37.5. The molecule has 4 rings (SSSR count). The maximum Gasteiger partial charge on any atom is 0.312 e. The van der Waals surface area contributed by atoms with Crippen LogP contribution in [0.15, 0.2) is 0 Å². The second kappa shape index (κ2) is 5.99. The molecule has 23 heavy (non-hydrogen) atoms. The summed E-state index contributed by atoms with van der Waals surface area (Å²) >= 11 is 0. The third-order valence-electron chi connectivity index (χ3n) is 6.61. The minimum Gasteiger partial charge on any atom is -0.352 e. The van der Waals surface area contributed by atoms with Gasteiger partial charge in [0, 0.05) is 6.04 Å². The van der Waals surface area contributed by atoms with Crippen molar-refractivity contribution < 1.29 is 9.59 Å². The van der Waals surface area contributed by atoms with Gasteiger partial charge in [-0.25, -0.2) is 4.79 Å². The number of hydrogen-bond donors (Lipinski definition) is 3. The first kappa shape index (κ1) is 16.6. The number of rotatable bonds is 5. The molecule has 4 bridgehead atoms. The zero-order valence-electron chi connectivity index (χ0n) is 14.6. The first-order chi connectivity index (χ1) is 10.8. The first-order valence-corrected chi connectivity index (χ1v) is 9.15. The first-order valence-electron chi connectivity index (χ1n) is 9.15. The molecule has 0 aromatic carbocycles. The zero-order chi connectivity index (χ0) is 16.8. The predicted octanol–water partition coefficient (Wildman–Crippen LogP) is 2.40. The van der Waals surface area contributed by atoms with Crippen molar-refractivity contribution in [3.63, 3.8) is 0 Å². The molecule has 4 aliphatic rings. The van der Waals surface area contributed by atoms with Gasteiger partial charge >= 0.3 is 6.03 Å².